The summed E-state index contributed by atoms with van der Waals surface area (Å²) in [5.41, 5.74) is 3.51. The molecule has 0 saturated heterocycles. The number of Topliss-reactive ketones (excluding diaryl/α,β-unsaturated/α-hetero) is 2. The summed E-state index contributed by atoms with van der Waals surface area (Å²) < 4.78 is 7.28. The molecule has 198 valence electrons. The molecule has 0 spiro atoms. The molecule has 3 nitrogen and oxygen atoms in total. The first-order valence-electron chi connectivity index (χ1n) is 13.2. The van der Waals surface area contributed by atoms with Gasteiger partial charge in [-0.2, -0.15) is 0 Å². The third-order valence-corrected chi connectivity index (χ3v) is 9.09. The van der Waals surface area contributed by atoms with E-state index in [0.29, 0.717) is 34.2 Å². The summed E-state index contributed by atoms with van der Waals surface area (Å²) in [5.74, 6) is 0.676. The third-order valence-electron chi connectivity index (χ3n) is 6.66. The van der Waals surface area contributed by atoms with Crippen molar-refractivity contribution >= 4 is 55.9 Å². The van der Waals surface area contributed by atoms with Gasteiger partial charge in [0, 0.05) is 44.0 Å². The molecule has 0 atom stereocenters. The Morgan fingerprint density at radius 1 is 0.872 bits per heavy atom. The summed E-state index contributed by atoms with van der Waals surface area (Å²) in [5, 5.41) is 3.58. The van der Waals surface area contributed by atoms with Crippen LogP contribution < -0.4 is 4.74 Å². The van der Waals surface area contributed by atoms with Crippen LogP contribution in [0.3, 0.4) is 0 Å². The van der Waals surface area contributed by atoms with E-state index < -0.39 is 0 Å². The van der Waals surface area contributed by atoms with Crippen molar-refractivity contribution in [1.29, 1.82) is 0 Å². The number of carbonyl (C=O) groups is 2. The highest BCUT2D eigenvalue weighted by Gasteiger charge is 2.25. The van der Waals surface area contributed by atoms with Gasteiger partial charge in [-0.1, -0.05) is 86.0 Å². The lowest BCUT2D eigenvalue weighted by molar-refractivity contribution is 0.0979. The second-order valence-electron chi connectivity index (χ2n) is 9.47. The van der Waals surface area contributed by atoms with Crippen LogP contribution in [-0.2, 0) is 13.0 Å². The first-order valence-corrected chi connectivity index (χ1v) is 15.2. The number of carbonyl (C=O) groups excluding carboxylic acids is 2. The molecule has 6 heteroatoms. The van der Waals surface area contributed by atoms with E-state index in [4.69, 9.17) is 16.3 Å². The molecule has 2 aromatic heterocycles. The maximum atomic E-state index is 13.8. The van der Waals surface area contributed by atoms with Gasteiger partial charge in [-0.05, 0) is 47.2 Å². The number of benzene rings is 3. The largest absolute Gasteiger partial charge is 0.487 e. The van der Waals surface area contributed by atoms with Gasteiger partial charge in [0.25, 0.3) is 0 Å². The van der Waals surface area contributed by atoms with E-state index in [1.54, 1.807) is 0 Å². The Labute approximate surface area is 242 Å². The Morgan fingerprint density at radius 3 is 2.38 bits per heavy atom. The second kappa shape index (κ2) is 12.7. The Balaban J connectivity index is 1.48. The number of unbranched alkanes of at least 4 members (excludes halogenated alkanes) is 2. The number of rotatable bonds is 12. The SMILES string of the molecule is CCCCCC(=O)c1c(-c2ccc(Cl)cc2)csc1CC(=O)c1sc2ccccc2c1OCc1ccccc1. The summed E-state index contributed by atoms with van der Waals surface area (Å²) in [6, 6.07) is 25.4. The molecule has 0 N–H and O–H groups in total. The van der Waals surface area contributed by atoms with Crippen molar-refractivity contribution in [3.63, 3.8) is 0 Å². The minimum Gasteiger partial charge on any atom is -0.487 e. The molecule has 0 amide bonds. The smallest absolute Gasteiger partial charge is 0.181 e. The number of hydrogen-bond donors (Lipinski definition) is 0. The van der Waals surface area contributed by atoms with Crippen LogP contribution >= 0.6 is 34.3 Å². The van der Waals surface area contributed by atoms with Crippen molar-refractivity contribution < 1.29 is 14.3 Å². The number of hydrogen-bond acceptors (Lipinski definition) is 5. The topological polar surface area (TPSA) is 43.4 Å². The van der Waals surface area contributed by atoms with Crippen molar-refractivity contribution in [2.24, 2.45) is 0 Å². The number of ketones is 2. The van der Waals surface area contributed by atoms with Crippen LogP contribution in [0.4, 0.5) is 0 Å². The molecular formula is C33H29ClO3S2. The van der Waals surface area contributed by atoms with Crippen molar-refractivity contribution in [1.82, 2.24) is 0 Å². The van der Waals surface area contributed by atoms with Crippen LogP contribution in [0.1, 0.15) is 63.1 Å². The van der Waals surface area contributed by atoms with Crippen molar-refractivity contribution in [2.45, 2.75) is 45.6 Å². The highest BCUT2D eigenvalue weighted by atomic mass is 35.5. The van der Waals surface area contributed by atoms with Crippen LogP contribution in [0.2, 0.25) is 5.02 Å². The Bertz CT molecular complexity index is 1580. The summed E-state index contributed by atoms with van der Waals surface area (Å²) in [4.78, 5) is 28.7. The molecule has 0 unspecified atom stereocenters. The predicted molar refractivity (Wildman–Crippen MR) is 164 cm³/mol. The number of halogens is 1. The maximum Gasteiger partial charge on any atom is 0.181 e. The number of fused-ring (bicyclic) bond motifs is 1. The van der Waals surface area contributed by atoms with E-state index in [-0.39, 0.29) is 18.0 Å². The fraction of sp³-hybridized carbons (Fsp3) is 0.212. The van der Waals surface area contributed by atoms with Crippen molar-refractivity contribution in [3.05, 3.63) is 110 Å². The van der Waals surface area contributed by atoms with Crippen LogP contribution in [0, 0.1) is 0 Å². The molecule has 3 aromatic carbocycles. The van der Waals surface area contributed by atoms with Crippen LogP contribution in [0.25, 0.3) is 21.2 Å². The quantitative estimate of drug-likeness (QED) is 0.110. The highest BCUT2D eigenvalue weighted by Crippen LogP contribution is 2.40. The van der Waals surface area contributed by atoms with E-state index >= 15 is 0 Å². The van der Waals surface area contributed by atoms with Gasteiger partial charge in [0.05, 0.1) is 0 Å². The molecular weight excluding hydrogens is 544 g/mol. The molecule has 0 bridgehead atoms. The molecule has 0 aliphatic rings. The van der Waals surface area contributed by atoms with E-state index in [1.807, 2.05) is 84.2 Å². The fourth-order valence-corrected chi connectivity index (χ4v) is 6.92. The molecule has 39 heavy (non-hydrogen) atoms. The predicted octanol–water partition coefficient (Wildman–Crippen LogP) is 10.1. The van der Waals surface area contributed by atoms with E-state index in [2.05, 4.69) is 6.92 Å². The average molecular weight is 573 g/mol. The zero-order valence-electron chi connectivity index (χ0n) is 21.7. The van der Waals surface area contributed by atoms with Gasteiger partial charge in [0.1, 0.15) is 17.2 Å². The fourth-order valence-electron chi connectivity index (χ4n) is 4.64. The zero-order valence-corrected chi connectivity index (χ0v) is 24.1. The molecule has 0 saturated carbocycles. The van der Waals surface area contributed by atoms with Gasteiger partial charge in [-0.3, -0.25) is 9.59 Å². The molecule has 0 aliphatic heterocycles. The summed E-state index contributed by atoms with van der Waals surface area (Å²) in [7, 11) is 0. The monoisotopic (exact) mass is 572 g/mol. The standard InChI is InChI=1S/C33H29ClO3S2/c1-2-3-5-13-27(35)31-26(23-15-17-24(34)18-16-23)21-38-30(31)19-28(36)33-32(25-12-8-9-14-29(25)39-33)37-20-22-10-6-4-7-11-22/h4,6-12,14-18,21H,2-3,5,13,19-20H2,1H3. The maximum absolute atomic E-state index is 13.8. The van der Waals surface area contributed by atoms with Crippen molar-refractivity contribution in [2.75, 3.05) is 0 Å². The molecule has 0 fully saturated rings. The van der Waals surface area contributed by atoms with Crippen LogP contribution in [0.5, 0.6) is 5.75 Å². The first-order chi connectivity index (χ1) is 19.0. The van der Waals surface area contributed by atoms with Crippen LogP contribution in [0.15, 0.2) is 84.2 Å². The van der Waals surface area contributed by atoms with Gasteiger partial charge < -0.3 is 4.74 Å². The third kappa shape index (κ3) is 6.33. The number of ether oxygens (including phenoxy) is 1. The molecule has 5 rings (SSSR count). The highest BCUT2D eigenvalue weighted by molar-refractivity contribution is 7.21. The van der Waals surface area contributed by atoms with Gasteiger partial charge in [0.2, 0.25) is 0 Å². The molecule has 0 radical (unpaired) electrons. The molecule has 5 aromatic rings. The lowest BCUT2D eigenvalue weighted by Gasteiger charge is -2.10. The number of thiophene rings is 2. The lowest BCUT2D eigenvalue weighted by Crippen LogP contribution is -2.08. The average Bonchev–Trinajstić information content (AvgIpc) is 3.54. The van der Waals surface area contributed by atoms with E-state index in [0.717, 1.165) is 50.9 Å². The summed E-state index contributed by atoms with van der Waals surface area (Å²) in [6.07, 6.45) is 3.52. The van der Waals surface area contributed by atoms with Gasteiger partial charge in [0.15, 0.2) is 11.6 Å². The normalized spacial score (nSPS) is 11.1. The van der Waals surface area contributed by atoms with E-state index in [9.17, 15) is 9.59 Å². The van der Waals surface area contributed by atoms with Gasteiger partial charge in [-0.25, -0.2) is 0 Å². The Hall–Kier alpha value is -3.25. The molecule has 2 heterocycles. The minimum atomic E-state index is -0.0358. The first kappa shape index (κ1) is 27.3. The Morgan fingerprint density at radius 2 is 1.62 bits per heavy atom. The zero-order chi connectivity index (χ0) is 27.2. The van der Waals surface area contributed by atoms with Gasteiger partial charge >= 0.3 is 0 Å². The Kier molecular flexibility index (Phi) is 8.92. The summed E-state index contributed by atoms with van der Waals surface area (Å²) >= 11 is 9.05. The van der Waals surface area contributed by atoms with Gasteiger partial charge in [-0.15, -0.1) is 22.7 Å². The summed E-state index contributed by atoms with van der Waals surface area (Å²) in [6.45, 7) is 2.50. The van der Waals surface area contributed by atoms with E-state index in [1.165, 1.54) is 22.7 Å². The van der Waals surface area contributed by atoms with Crippen molar-refractivity contribution in [3.8, 4) is 16.9 Å². The lowest BCUT2D eigenvalue weighted by atomic mass is 9.95. The van der Waals surface area contributed by atoms with Crippen LogP contribution in [-0.4, -0.2) is 11.6 Å². The second-order valence-corrected chi connectivity index (χ2v) is 11.9. The minimum absolute atomic E-state index is 0.0358. The molecule has 0 aliphatic carbocycles.